The largest absolute Gasteiger partial charge is 0.397 e. The first-order valence-corrected chi connectivity index (χ1v) is 7.35. The van der Waals surface area contributed by atoms with E-state index in [1.54, 1.807) is 4.68 Å². The Morgan fingerprint density at radius 1 is 1.60 bits per heavy atom. The Labute approximate surface area is 121 Å². The molecular formula is C13H17N5OS. The molecule has 6 nitrogen and oxygen atoms in total. The van der Waals surface area contributed by atoms with E-state index in [0.717, 1.165) is 23.4 Å². The smallest absolute Gasteiger partial charge is 0.263 e. The topological polar surface area (TPSA) is 85.0 Å². The lowest BCUT2D eigenvalue weighted by atomic mass is 10.3. The summed E-state index contributed by atoms with van der Waals surface area (Å²) in [6.07, 6.45) is 5.90. The zero-order chi connectivity index (χ0) is 14.1. The second-order valence-electron chi connectivity index (χ2n) is 5.02. The maximum Gasteiger partial charge on any atom is 0.263 e. The molecule has 0 aromatic carbocycles. The number of carbonyl (C=O) groups is 1. The predicted molar refractivity (Wildman–Crippen MR) is 79.8 cm³/mol. The van der Waals surface area contributed by atoms with Gasteiger partial charge in [0.05, 0.1) is 16.9 Å². The van der Waals surface area contributed by atoms with Crippen molar-refractivity contribution in [3.8, 4) is 0 Å². The van der Waals surface area contributed by atoms with Crippen molar-refractivity contribution in [1.29, 1.82) is 0 Å². The number of nitrogens with two attached hydrogens (primary N) is 1. The molecule has 2 aromatic heterocycles. The fourth-order valence-corrected chi connectivity index (χ4v) is 2.78. The number of anilines is 2. The van der Waals surface area contributed by atoms with Crippen LogP contribution in [-0.4, -0.2) is 21.7 Å². The van der Waals surface area contributed by atoms with E-state index in [4.69, 9.17) is 5.73 Å². The van der Waals surface area contributed by atoms with Gasteiger partial charge in [-0.2, -0.15) is 5.10 Å². The second kappa shape index (κ2) is 5.16. The van der Waals surface area contributed by atoms with Gasteiger partial charge in [-0.25, -0.2) is 0 Å². The zero-order valence-corrected chi connectivity index (χ0v) is 12.0. The van der Waals surface area contributed by atoms with E-state index in [2.05, 4.69) is 15.7 Å². The summed E-state index contributed by atoms with van der Waals surface area (Å²) in [5, 5.41) is 11.2. The molecule has 1 saturated carbocycles. The van der Waals surface area contributed by atoms with Crippen molar-refractivity contribution >= 4 is 27.9 Å². The van der Waals surface area contributed by atoms with E-state index < -0.39 is 0 Å². The number of nitrogen functional groups attached to an aromatic ring is 1. The number of aromatic nitrogens is 2. The molecule has 0 aliphatic heterocycles. The van der Waals surface area contributed by atoms with Gasteiger partial charge in [0, 0.05) is 31.4 Å². The van der Waals surface area contributed by atoms with E-state index in [1.807, 2.05) is 25.5 Å². The summed E-state index contributed by atoms with van der Waals surface area (Å²) in [6, 6.07) is 2.15. The molecule has 7 heteroatoms. The molecule has 1 aliphatic rings. The van der Waals surface area contributed by atoms with Crippen LogP contribution < -0.4 is 16.4 Å². The minimum absolute atomic E-state index is 0.0653. The Hall–Kier alpha value is -2.02. The minimum atomic E-state index is -0.0653. The van der Waals surface area contributed by atoms with Crippen LogP contribution in [0.25, 0.3) is 0 Å². The summed E-state index contributed by atoms with van der Waals surface area (Å²) >= 11 is 1.39. The number of carbonyl (C=O) groups excluding carboxylic acids is 1. The van der Waals surface area contributed by atoms with Crippen molar-refractivity contribution in [2.24, 2.45) is 7.05 Å². The maximum atomic E-state index is 12.0. The Balaban J connectivity index is 1.63. The van der Waals surface area contributed by atoms with E-state index in [-0.39, 0.29) is 5.91 Å². The highest BCUT2D eigenvalue weighted by molar-refractivity contribution is 7.18. The Kier molecular flexibility index (Phi) is 3.35. The van der Waals surface area contributed by atoms with Crippen molar-refractivity contribution in [3.63, 3.8) is 0 Å². The average molecular weight is 291 g/mol. The van der Waals surface area contributed by atoms with Crippen LogP contribution in [0.4, 0.5) is 10.7 Å². The number of hydrogen-bond donors (Lipinski definition) is 3. The predicted octanol–water partition coefficient (Wildman–Crippen LogP) is 1.57. The summed E-state index contributed by atoms with van der Waals surface area (Å²) in [7, 11) is 1.88. The summed E-state index contributed by atoms with van der Waals surface area (Å²) in [6.45, 7) is 0.664. The third kappa shape index (κ3) is 2.93. The van der Waals surface area contributed by atoms with Crippen LogP contribution in [0.15, 0.2) is 18.5 Å². The van der Waals surface area contributed by atoms with Crippen LogP contribution in [0.1, 0.15) is 28.1 Å². The summed E-state index contributed by atoms with van der Waals surface area (Å²) < 4.78 is 1.76. The minimum Gasteiger partial charge on any atom is -0.397 e. The van der Waals surface area contributed by atoms with Gasteiger partial charge in [0.2, 0.25) is 0 Å². The van der Waals surface area contributed by atoms with E-state index in [9.17, 15) is 4.79 Å². The van der Waals surface area contributed by atoms with Gasteiger partial charge in [0.1, 0.15) is 4.88 Å². The first-order chi connectivity index (χ1) is 9.61. The van der Waals surface area contributed by atoms with Crippen LogP contribution in [-0.2, 0) is 13.6 Å². The number of nitrogens with one attached hydrogen (secondary N) is 2. The molecule has 2 aromatic rings. The number of nitrogens with zero attached hydrogens (tertiary/aromatic N) is 2. The van der Waals surface area contributed by atoms with Gasteiger partial charge in [0.15, 0.2) is 0 Å². The molecule has 4 N–H and O–H groups in total. The lowest BCUT2D eigenvalue weighted by Gasteiger charge is -2.01. The number of rotatable bonds is 5. The number of aryl methyl sites for hydroxylation is 1. The molecule has 1 fully saturated rings. The molecule has 0 radical (unpaired) electrons. The Bertz CT molecular complexity index is 628. The Morgan fingerprint density at radius 2 is 2.40 bits per heavy atom. The fraction of sp³-hybridized carbons (Fsp3) is 0.385. The van der Waals surface area contributed by atoms with Gasteiger partial charge in [-0.1, -0.05) is 0 Å². The fourth-order valence-electron chi connectivity index (χ4n) is 1.90. The lowest BCUT2D eigenvalue weighted by Crippen LogP contribution is -2.25. The molecule has 106 valence electrons. The van der Waals surface area contributed by atoms with Crippen LogP contribution in [0.5, 0.6) is 0 Å². The molecule has 0 spiro atoms. The summed E-state index contributed by atoms with van der Waals surface area (Å²) in [5.74, 6) is -0.0653. The molecule has 1 amide bonds. The second-order valence-corrected chi connectivity index (χ2v) is 6.07. The van der Waals surface area contributed by atoms with Crippen molar-refractivity contribution in [2.45, 2.75) is 25.4 Å². The molecule has 0 saturated heterocycles. The van der Waals surface area contributed by atoms with Crippen LogP contribution >= 0.6 is 11.3 Å². The molecule has 0 atom stereocenters. The third-order valence-electron chi connectivity index (χ3n) is 3.10. The molecule has 0 bridgehead atoms. The average Bonchev–Trinajstić information content (AvgIpc) is 2.98. The van der Waals surface area contributed by atoms with Gasteiger partial charge >= 0.3 is 0 Å². The first-order valence-electron chi connectivity index (χ1n) is 6.53. The zero-order valence-electron chi connectivity index (χ0n) is 11.2. The number of thiophene rings is 1. The maximum absolute atomic E-state index is 12.0. The standard InChI is InChI=1S/C13H17N5OS/c1-18-7-8(6-16-18)5-15-11-4-10(14)12(20-11)13(19)17-9-2-3-9/h4,6-7,9,15H,2-3,5,14H2,1H3,(H,17,19). The van der Waals surface area contributed by atoms with Crippen LogP contribution in [0.2, 0.25) is 0 Å². The molecule has 1 aliphatic carbocycles. The van der Waals surface area contributed by atoms with Gasteiger partial charge in [-0.15, -0.1) is 11.3 Å². The summed E-state index contributed by atoms with van der Waals surface area (Å²) in [5.41, 5.74) is 7.52. The molecule has 3 rings (SSSR count). The van der Waals surface area contributed by atoms with Crippen molar-refractivity contribution in [1.82, 2.24) is 15.1 Å². The van der Waals surface area contributed by atoms with Crippen molar-refractivity contribution in [2.75, 3.05) is 11.1 Å². The highest BCUT2D eigenvalue weighted by atomic mass is 32.1. The normalized spacial score (nSPS) is 14.2. The van der Waals surface area contributed by atoms with Gasteiger partial charge in [-0.05, 0) is 18.9 Å². The van der Waals surface area contributed by atoms with E-state index in [1.165, 1.54) is 11.3 Å². The molecule has 0 unspecified atom stereocenters. The van der Waals surface area contributed by atoms with Gasteiger partial charge in [-0.3, -0.25) is 9.48 Å². The lowest BCUT2D eigenvalue weighted by molar-refractivity contribution is 0.0956. The number of hydrogen-bond acceptors (Lipinski definition) is 5. The highest BCUT2D eigenvalue weighted by Gasteiger charge is 2.25. The molecular weight excluding hydrogens is 274 g/mol. The monoisotopic (exact) mass is 291 g/mol. The van der Waals surface area contributed by atoms with E-state index >= 15 is 0 Å². The summed E-state index contributed by atoms with van der Waals surface area (Å²) in [4.78, 5) is 12.6. The highest BCUT2D eigenvalue weighted by Crippen LogP contribution is 2.30. The number of amides is 1. The molecule has 20 heavy (non-hydrogen) atoms. The first kappa shape index (κ1) is 13.0. The van der Waals surface area contributed by atoms with E-state index in [0.29, 0.717) is 23.2 Å². The third-order valence-corrected chi connectivity index (χ3v) is 4.21. The molecule has 2 heterocycles. The van der Waals surface area contributed by atoms with Gasteiger partial charge < -0.3 is 16.4 Å². The van der Waals surface area contributed by atoms with Crippen LogP contribution in [0.3, 0.4) is 0 Å². The quantitative estimate of drug-likeness (QED) is 0.780. The van der Waals surface area contributed by atoms with Gasteiger partial charge in [0.25, 0.3) is 5.91 Å². The van der Waals surface area contributed by atoms with Crippen molar-refractivity contribution in [3.05, 3.63) is 28.9 Å². The Morgan fingerprint density at radius 3 is 3.05 bits per heavy atom. The SMILES string of the molecule is Cn1cc(CNc2cc(N)c(C(=O)NC3CC3)s2)cn1. The van der Waals surface area contributed by atoms with Crippen LogP contribution in [0, 0.1) is 0 Å². The van der Waals surface area contributed by atoms with Crippen molar-refractivity contribution < 1.29 is 4.79 Å².